The van der Waals surface area contributed by atoms with Crippen LogP contribution in [0, 0.1) is 23.7 Å². The summed E-state index contributed by atoms with van der Waals surface area (Å²) in [5.74, 6) is -7.14. The molecule has 0 aliphatic heterocycles. The molecule has 0 aliphatic carbocycles. The van der Waals surface area contributed by atoms with E-state index in [9.17, 15) is 33.6 Å². The Kier molecular flexibility index (Phi) is 35.8. The minimum absolute atomic E-state index is 0.00956. The zero-order chi connectivity index (χ0) is 71.7. The molecule has 97 heavy (non-hydrogen) atoms. The average Bonchev–Trinajstić information content (AvgIpc) is 1.73. The summed E-state index contributed by atoms with van der Waals surface area (Å²) in [6, 6.07) is 2.93. The first-order valence-electron chi connectivity index (χ1n) is 34.9. The van der Waals surface area contributed by atoms with Gasteiger partial charge in [-0.15, -0.1) is 0 Å². The maximum Gasteiger partial charge on any atom is 0.243 e. The third-order valence-corrected chi connectivity index (χ3v) is 16.9. The molecule has 0 spiro atoms. The lowest BCUT2D eigenvalue weighted by Gasteiger charge is -2.29. The van der Waals surface area contributed by atoms with Crippen LogP contribution in [0.4, 0.5) is 0 Å². The van der Waals surface area contributed by atoms with Gasteiger partial charge in [0, 0.05) is 47.0 Å². The van der Waals surface area contributed by atoms with E-state index in [0.29, 0.717) is 82.0 Å². The van der Waals surface area contributed by atoms with Crippen LogP contribution in [0.1, 0.15) is 169 Å². The van der Waals surface area contributed by atoms with Crippen LogP contribution in [0.5, 0.6) is 0 Å². The highest BCUT2D eigenvalue weighted by Crippen LogP contribution is 2.23. The molecular formula is C70H115N17O10. The lowest BCUT2D eigenvalue weighted by molar-refractivity contribution is -0.136. The summed E-state index contributed by atoms with van der Waals surface area (Å²) >= 11 is 0. The van der Waals surface area contributed by atoms with Crippen LogP contribution in [0.3, 0.4) is 0 Å². The monoisotopic (exact) mass is 1350 g/mol. The van der Waals surface area contributed by atoms with E-state index in [2.05, 4.69) is 57.8 Å². The van der Waals surface area contributed by atoms with Gasteiger partial charge in [0.1, 0.15) is 54.4 Å². The highest BCUT2D eigenvalue weighted by molar-refractivity contribution is 5.99. The van der Waals surface area contributed by atoms with Crippen LogP contribution in [-0.4, -0.2) is 156 Å². The first kappa shape index (κ1) is 81.4. The molecule has 10 atom stereocenters. The summed E-state index contributed by atoms with van der Waals surface area (Å²) in [6.45, 7) is 16.3. The number of para-hydroxylation sites is 2. The molecule has 0 radical (unpaired) electrons. The second kappa shape index (κ2) is 42.6. The van der Waals surface area contributed by atoms with Crippen LogP contribution in [-0.2, 0) is 60.8 Å². The zero-order valence-electron chi connectivity index (χ0n) is 58.5. The van der Waals surface area contributed by atoms with E-state index in [4.69, 9.17) is 34.4 Å². The largest absolute Gasteiger partial charge is 0.368 e. The number of nitrogens with two attached hydrogens (primary N) is 6. The van der Waals surface area contributed by atoms with E-state index in [1.165, 1.54) is 0 Å². The van der Waals surface area contributed by atoms with Gasteiger partial charge < -0.3 is 92.2 Å². The van der Waals surface area contributed by atoms with Gasteiger partial charge in [-0.25, -0.2) is 0 Å². The molecular weight excluding hydrogens is 1240 g/mol. The number of carbonyl (C=O) groups is 10. The Morgan fingerprint density at radius 3 is 0.918 bits per heavy atom. The molecule has 27 heteroatoms. The van der Waals surface area contributed by atoms with Crippen molar-refractivity contribution >= 4 is 80.9 Å². The van der Waals surface area contributed by atoms with Crippen LogP contribution < -0.4 is 82.3 Å². The number of aromatic amines is 2. The number of H-pyrrole nitrogens is 2. The van der Waals surface area contributed by atoms with E-state index in [-0.39, 0.29) is 94.5 Å². The highest BCUT2D eigenvalue weighted by Gasteiger charge is 2.37. The quantitative estimate of drug-likeness (QED) is 0.0282. The number of aromatic nitrogens is 2. The second-order valence-electron chi connectivity index (χ2n) is 27.3. The molecule has 0 fully saturated rings. The molecule has 4 rings (SSSR count). The number of hydrogen-bond donors (Lipinski definition) is 17. The van der Waals surface area contributed by atoms with Gasteiger partial charge in [0.2, 0.25) is 59.1 Å². The topological polar surface area (TPSA) is 467 Å². The molecule has 0 bridgehead atoms. The molecule has 0 aliphatic rings. The van der Waals surface area contributed by atoms with Crippen LogP contribution in [0.25, 0.3) is 21.8 Å². The average molecular weight is 1350 g/mol. The van der Waals surface area contributed by atoms with Gasteiger partial charge >= 0.3 is 0 Å². The normalized spacial score (nSPS) is 14.7. The molecule has 540 valence electrons. The minimum atomic E-state index is -1.42. The Morgan fingerprint density at radius 1 is 0.340 bits per heavy atom. The summed E-state index contributed by atoms with van der Waals surface area (Å²) in [5.41, 5.74) is 38.1. The van der Waals surface area contributed by atoms with Crippen molar-refractivity contribution in [3.8, 4) is 0 Å². The van der Waals surface area contributed by atoms with E-state index in [1.807, 2.05) is 104 Å². The Hall–Kier alpha value is -7.98. The molecule has 23 N–H and O–H groups in total. The van der Waals surface area contributed by atoms with Gasteiger partial charge in [0.25, 0.3) is 0 Å². The summed E-state index contributed by atoms with van der Waals surface area (Å²) in [5, 5.41) is 27.2. The Bertz CT molecular complexity index is 3150. The van der Waals surface area contributed by atoms with E-state index >= 15 is 14.4 Å². The standard InChI is InChI=1S/C70H115N17O10/c1-41(2)33-55(61(76)88)82-67(94)58(36-44(7)8)84-64(91)53(27-15-19-31-73)79-63(90)52(26-14-18-30-72)81-69(96)59(37-45-39-77-50-24-11-9-21-47(45)50)87-70(97)60(38-46-40-78-51-25-12-10-22-48(46)51)86-65(92)54(28-16-20-32-74)80-66(93)57(35-43(5)6)85-68(95)56(34-42(3)4)83-62(89)49(75)23-13-17-29-71/h9-12,21-22,24-25,39-44,49,52-60,77-78H,13-20,23,26-38,71-75H2,1-8H3,(H2,76,88)(H,79,90)(H,80,93)(H,81,96)(H,82,94)(H,83,89)(H,84,91)(H,85,95)(H,86,92)(H,87,97)/t49-,52-,53-,54-,55-,56-,57-,58-,59-,60-/m0/s1. The number of nitrogens with one attached hydrogen (secondary N) is 11. The summed E-state index contributed by atoms with van der Waals surface area (Å²) in [4.78, 5) is 150. The van der Waals surface area contributed by atoms with E-state index in [0.717, 1.165) is 21.8 Å². The SMILES string of the molecule is CC(C)C[C@H](NC(=O)[C@H](CC(C)C)NC(=O)[C@H](CCCCN)NC(=O)[C@H](CCCCN)NC(=O)[C@H](Cc1c[nH]c2ccccc12)NC(=O)[C@H](Cc1c[nH]c2ccccc12)NC(=O)[C@H](CCCCN)NC(=O)[C@H](CC(C)C)NC(=O)[C@H](CC(C)C)NC(=O)[C@@H](N)CCCCN)C(N)=O. The number of primary amides is 1. The molecule has 27 nitrogen and oxygen atoms in total. The Morgan fingerprint density at radius 2 is 0.598 bits per heavy atom. The van der Waals surface area contributed by atoms with Crippen molar-refractivity contribution in [1.29, 1.82) is 0 Å². The summed E-state index contributed by atoms with van der Waals surface area (Å²) in [6.07, 6.45) is 8.53. The molecule has 0 unspecified atom stereocenters. The fraction of sp³-hybridized carbons (Fsp3) is 0.629. The van der Waals surface area contributed by atoms with Crippen molar-refractivity contribution in [3.05, 3.63) is 72.1 Å². The summed E-state index contributed by atoms with van der Waals surface area (Å²) < 4.78 is 0. The smallest absolute Gasteiger partial charge is 0.243 e. The van der Waals surface area contributed by atoms with Crippen molar-refractivity contribution in [3.63, 3.8) is 0 Å². The number of amides is 10. The van der Waals surface area contributed by atoms with Crippen molar-refractivity contribution in [2.75, 3.05) is 26.2 Å². The predicted octanol–water partition coefficient (Wildman–Crippen LogP) is 2.31. The van der Waals surface area contributed by atoms with Crippen molar-refractivity contribution in [2.24, 2.45) is 58.1 Å². The van der Waals surface area contributed by atoms with Gasteiger partial charge in [-0.2, -0.15) is 0 Å². The van der Waals surface area contributed by atoms with Crippen molar-refractivity contribution < 1.29 is 47.9 Å². The van der Waals surface area contributed by atoms with Crippen molar-refractivity contribution in [2.45, 2.75) is 231 Å². The van der Waals surface area contributed by atoms with Crippen LogP contribution in [0.2, 0.25) is 0 Å². The lowest BCUT2D eigenvalue weighted by Crippen LogP contribution is -2.61. The van der Waals surface area contributed by atoms with E-state index < -0.39 is 119 Å². The molecule has 0 saturated carbocycles. The Balaban J connectivity index is 1.75. The number of benzene rings is 2. The molecule has 2 aromatic heterocycles. The fourth-order valence-electron chi connectivity index (χ4n) is 11.7. The number of unbranched alkanes of at least 4 members (excludes halogenated alkanes) is 4. The summed E-state index contributed by atoms with van der Waals surface area (Å²) in [7, 11) is 0. The number of fused-ring (bicyclic) bond motifs is 2. The number of hydrogen-bond acceptors (Lipinski definition) is 15. The van der Waals surface area contributed by atoms with Crippen molar-refractivity contribution in [1.82, 2.24) is 57.8 Å². The van der Waals surface area contributed by atoms with Crippen LogP contribution in [0.15, 0.2) is 60.9 Å². The minimum Gasteiger partial charge on any atom is -0.368 e. The predicted molar refractivity (Wildman–Crippen MR) is 378 cm³/mol. The Labute approximate surface area is 572 Å². The first-order valence-corrected chi connectivity index (χ1v) is 34.9. The first-order chi connectivity index (χ1) is 46.2. The molecule has 10 amide bonds. The maximum atomic E-state index is 15.4. The highest BCUT2D eigenvalue weighted by atomic mass is 16.2. The second-order valence-corrected chi connectivity index (χ2v) is 27.3. The van der Waals surface area contributed by atoms with E-state index in [1.54, 1.807) is 12.4 Å². The van der Waals surface area contributed by atoms with Gasteiger partial charge in [0.15, 0.2) is 0 Å². The van der Waals surface area contributed by atoms with Gasteiger partial charge in [-0.05, 0) is 169 Å². The number of rotatable bonds is 47. The van der Waals surface area contributed by atoms with Gasteiger partial charge in [-0.1, -0.05) is 98.2 Å². The van der Waals surface area contributed by atoms with Crippen LogP contribution >= 0.6 is 0 Å². The fourth-order valence-corrected chi connectivity index (χ4v) is 11.7. The lowest BCUT2D eigenvalue weighted by atomic mass is 9.98. The third kappa shape index (κ3) is 28.2. The molecule has 2 heterocycles. The van der Waals surface area contributed by atoms with Gasteiger partial charge in [0.05, 0.1) is 6.04 Å². The third-order valence-electron chi connectivity index (χ3n) is 16.9. The molecule has 2 aromatic carbocycles. The molecule has 0 saturated heterocycles. The van der Waals surface area contributed by atoms with Gasteiger partial charge in [-0.3, -0.25) is 47.9 Å². The number of carbonyl (C=O) groups excluding carboxylic acids is 10. The molecule has 4 aromatic rings. The zero-order valence-corrected chi connectivity index (χ0v) is 58.5. The maximum absolute atomic E-state index is 15.4.